The third-order valence-electron chi connectivity index (χ3n) is 4.86. The highest BCUT2D eigenvalue weighted by Crippen LogP contribution is 2.27. The van der Waals surface area contributed by atoms with Gasteiger partial charge in [0.05, 0.1) is 29.5 Å². The maximum absolute atomic E-state index is 12.8. The van der Waals surface area contributed by atoms with Crippen molar-refractivity contribution in [2.24, 2.45) is 0 Å². The summed E-state index contributed by atoms with van der Waals surface area (Å²) in [7, 11) is 1.56. The number of carbonyl (C=O) groups excluding carboxylic acids is 1. The highest BCUT2D eigenvalue weighted by molar-refractivity contribution is 7.00. The average Bonchev–Trinajstić information content (AvgIpc) is 3.39. The highest BCUT2D eigenvalue weighted by atomic mass is 35.5. The molecule has 31 heavy (non-hydrogen) atoms. The quantitative estimate of drug-likeness (QED) is 0.428. The van der Waals surface area contributed by atoms with Gasteiger partial charge in [-0.1, -0.05) is 11.6 Å². The number of hydrogen-bond donors (Lipinski definition) is 1. The first-order chi connectivity index (χ1) is 15.0. The fourth-order valence-electron chi connectivity index (χ4n) is 3.22. The zero-order valence-corrected chi connectivity index (χ0v) is 18.0. The second kappa shape index (κ2) is 7.60. The number of hydrogen-bond acceptors (Lipinski definition) is 7. The van der Waals surface area contributed by atoms with Crippen molar-refractivity contribution in [1.82, 2.24) is 23.7 Å². The SMILES string of the molecule is COc1ccc(-n2nc3cc(C)c(NC(=O)c4ccc5nsnc5c4)cc3n2)cc1Cl. The smallest absolute Gasteiger partial charge is 0.255 e. The molecule has 0 aliphatic heterocycles. The first kappa shape index (κ1) is 19.4. The molecule has 0 bridgehead atoms. The van der Waals surface area contributed by atoms with E-state index >= 15 is 0 Å². The predicted octanol–water partition coefficient (Wildman–Crippen LogP) is 4.65. The molecule has 2 heterocycles. The molecule has 2 aromatic heterocycles. The van der Waals surface area contributed by atoms with Crippen LogP contribution < -0.4 is 10.1 Å². The molecule has 5 aromatic rings. The maximum Gasteiger partial charge on any atom is 0.255 e. The number of carbonyl (C=O) groups is 1. The Labute approximate surface area is 185 Å². The summed E-state index contributed by atoms with van der Waals surface area (Å²) in [5.41, 5.74) is 5.57. The minimum Gasteiger partial charge on any atom is -0.495 e. The molecule has 1 amide bonds. The zero-order chi connectivity index (χ0) is 21.5. The van der Waals surface area contributed by atoms with Gasteiger partial charge in [0.15, 0.2) is 0 Å². The number of halogens is 1. The molecule has 0 spiro atoms. The van der Waals surface area contributed by atoms with Gasteiger partial charge in [-0.3, -0.25) is 4.79 Å². The van der Waals surface area contributed by atoms with E-state index in [2.05, 4.69) is 24.3 Å². The second-order valence-electron chi connectivity index (χ2n) is 6.89. The molecule has 0 aliphatic carbocycles. The molecule has 0 unspecified atom stereocenters. The van der Waals surface area contributed by atoms with Crippen LogP contribution in [0.3, 0.4) is 0 Å². The van der Waals surface area contributed by atoms with Gasteiger partial charge in [0.25, 0.3) is 5.91 Å². The summed E-state index contributed by atoms with van der Waals surface area (Å²) in [6.07, 6.45) is 0. The lowest BCUT2D eigenvalue weighted by Crippen LogP contribution is -2.12. The van der Waals surface area contributed by atoms with Gasteiger partial charge >= 0.3 is 0 Å². The van der Waals surface area contributed by atoms with Gasteiger partial charge < -0.3 is 10.1 Å². The van der Waals surface area contributed by atoms with Crippen molar-refractivity contribution in [3.63, 3.8) is 0 Å². The average molecular weight is 451 g/mol. The topological polar surface area (TPSA) is 94.8 Å². The largest absolute Gasteiger partial charge is 0.495 e. The number of aromatic nitrogens is 5. The summed E-state index contributed by atoms with van der Waals surface area (Å²) in [6, 6.07) is 14.3. The Hall–Kier alpha value is -3.56. The highest BCUT2D eigenvalue weighted by Gasteiger charge is 2.13. The number of amides is 1. The summed E-state index contributed by atoms with van der Waals surface area (Å²) >= 11 is 7.34. The van der Waals surface area contributed by atoms with Crippen LogP contribution in [-0.4, -0.2) is 36.8 Å². The van der Waals surface area contributed by atoms with Crippen LogP contribution in [0.4, 0.5) is 5.69 Å². The van der Waals surface area contributed by atoms with Gasteiger partial charge in [0.1, 0.15) is 27.8 Å². The van der Waals surface area contributed by atoms with Gasteiger partial charge in [-0.25, -0.2) is 0 Å². The lowest BCUT2D eigenvalue weighted by Gasteiger charge is -2.08. The van der Waals surface area contributed by atoms with E-state index in [1.807, 2.05) is 19.1 Å². The summed E-state index contributed by atoms with van der Waals surface area (Å²) in [4.78, 5) is 14.3. The summed E-state index contributed by atoms with van der Waals surface area (Å²) in [6.45, 7) is 1.91. The number of nitrogens with one attached hydrogen (secondary N) is 1. The van der Waals surface area contributed by atoms with Crippen LogP contribution >= 0.6 is 23.3 Å². The van der Waals surface area contributed by atoms with Crippen molar-refractivity contribution in [3.05, 3.63) is 64.7 Å². The third kappa shape index (κ3) is 3.58. The van der Waals surface area contributed by atoms with Crippen LogP contribution in [-0.2, 0) is 0 Å². The Morgan fingerprint density at radius 1 is 1.00 bits per heavy atom. The van der Waals surface area contributed by atoms with Crippen LogP contribution in [0.2, 0.25) is 5.02 Å². The fraction of sp³-hybridized carbons (Fsp3) is 0.0952. The van der Waals surface area contributed by atoms with Crippen molar-refractivity contribution >= 4 is 57.0 Å². The molecular weight excluding hydrogens is 436 g/mol. The number of aryl methyl sites for hydroxylation is 1. The lowest BCUT2D eigenvalue weighted by atomic mass is 10.1. The Morgan fingerprint density at radius 3 is 2.55 bits per heavy atom. The number of fused-ring (bicyclic) bond motifs is 2. The molecule has 0 saturated carbocycles. The summed E-state index contributed by atoms with van der Waals surface area (Å²) in [5.74, 6) is 0.348. The number of benzene rings is 3. The third-order valence-corrected chi connectivity index (χ3v) is 5.71. The van der Waals surface area contributed by atoms with Crippen molar-refractivity contribution in [1.29, 1.82) is 0 Å². The zero-order valence-electron chi connectivity index (χ0n) is 16.5. The van der Waals surface area contributed by atoms with Crippen LogP contribution in [0.25, 0.3) is 27.8 Å². The molecule has 8 nitrogen and oxygen atoms in total. The second-order valence-corrected chi connectivity index (χ2v) is 7.82. The van der Waals surface area contributed by atoms with Gasteiger partial charge in [-0.15, -0.1) is 10.2 Å². The van der Waals surface area contributed by atoms with Crippen LogP contribution in [0.1, 0.15) is 15.9 Å². The summed E-state index contributed by atoms with van der Waals surface area (Å²) in [5, 5.41) is 12.5. The van der Waals surface area contributed by atoms with Crippen molar-refractivity contribution in [2.45, 2.75) is 6.92 Å². The van der Waals surface area contributed by atoms with Gasteiger partial charge in [0, 0.05) is 11.3 Å². The molecule has 5 rings (SSSR count). The minimum atomic E-state index is -0.230. The Balaban J connectivity index is 1.46. The van der Waals surface area contributed by atoms with E-state index in [0.717, 1.165) is 22.8 Å². The number of anilines is 1. The molecule has 0 radical (unpaired) electrons. The Kier molecular flexibility index (Phi) is 4.76. The van der Waals surface area contributed by atoms with Gasteiger partial charge in [-0.2, -0.15) is 13.5 Å². The fourth-order valence-corrected chi connectivity index (χ4v) is 3.98. The Bertz CT molecular complexity index is 1460. The number of nitrogens with zero attached hydrogens (tertiary/aromatic N) is 5. The van der Waals surface area contributed by atoms with Crippen LogP contribution in [0, 0.1) is 6.92 Å². The summed E-state index contributed by atoms with van der Waals surface area (Å²) < 4.78 is 13.5. The molecule has 0 saturated heterocycles. The van der Waals surface area contributed by atoms with E-state index in [4.69, 9.17) is 16.3 Å². The molecule has 0 atom stereocenters. The molecule has 0 fully saturated rings. The number of ether oxygens (including phenoxy) is 1. The number of methoxy groups -OCH3 is 1. The molecule has 0 aliphatic rings. The van der Waals surface area contributed by atoms with E-state index in [1.54, 1.807) is 43.5 Å². The first-order valence-corrected chi connectivity index (χ1v) is 10.4. The van der Waals surface area contributed by atoms with Crippen molar-refractivity contribution in [2.75, 3.05) is 12.4 Å². The standard InChI is InChI=1S/C21H15ClN6O2S/c1-11-7-17-18(25-28(24-17)13-4-6-20(30-2)14(22)9-13)10-16(11)23-21(29)12-3-5-15-19(8-12)27-31-26-15/h3-10H,1-2H3,(H,23,29). The van der Waals surface area contributed by atoms with Crippen LogP contribution in [0.15, 0.2) is 48.5 Å². The van der Waals surface area contributed by atoms with E-state index in [0.29, 0.717) is 44.3 Å². The first-order valence-electron chi connectivity index (χ1n) is 9.27. The molecule has 1 N–H and O–H groups in total. The number of rotatable bonds is 4. The van der Waals surface area contributed by atoms with Crippen LogP contribution in [0.5, 0.6) is 5.75 Å². The van der Waals surface area contributed by atoms with Gasteiger partial charge in [-0.05, 0) is 61.0 Å². The van der Waals surface area contributed by atoms with E-state index in [1.165, 1.54) is 4.80 Å². The minimum absolute atomic E-state index is 0.230. The van der Waals surface area contributed by atoms with Gasteiger partial charge in [0.2, 0.25) is 0 Å². The lowest BCUT2D eigenvalue weighted by molar-refractivity contribution is 0.102. The molecule has 10 heteroatoms. The molecule has 3 aromatic carbocycles. The molecule has 154 valence electrons. The van der Waals surface area contributed by atoms with E-state index in [9.17, 15) is 4.79 Å². The Morgan fingerprint density at radius 2 is 1.77 bits per heavy atom. The van der Waals surface area contributed by atoms with E-state index < -0.39 is 0 Å². The predicted molar refractivity (Wildman–Crippen MR) is 121 cm³/mol. The maximum atomic E-state index is 12.8. The van der Waals surface area contributed by atoms with E-state index in [-0.39, 0.29) is 5.91 Å². The molecular formula is C21H15ClN6O2S. The normalized spacial score (nSPS) is 11.2. The van der Waals surface area contributed by atoms with Crippen molar-refractivity contribution < 1.29 is 9.53 Å². The van der Waals surface area contributed by atoms with Crippen molar-refractivity contribution in [3.8, 4) is 11.4 Å². The monoisotopic (exact) mass is 450 g/mol.